The summed E-state index contributed by atoms with van der Waals surface area (Å²) in [6, 6.07) is 5.49. The molecule has 0 atom stereocenters. The molecule has 0 saturated carbocycles. The largest absolute Gasteiger partial charge is 0.496 e. The first-order valence-electron chi connectivity index (χ1n) is 5.71. The second-order valence-corrected chi connectivity index (χ2v) is 5.39. The Morgan fingerprint density at radius 1 is 1.37 bits per heavy atom. The van der Waals surface area contributed by atoms with E-state index in [0.29, 0.717) is 23.9 Å². The molecule has 2 aromatic rings. The summed E-state index contributed by atoms with van der Waals surface area (Å²) in [4.78, 5) is 5.59. The van der Waals surface area contributed by atoms with E-state index in [1.807, 2.05) is 12.1 Å². The molecule has 102 valence electrons. The van der Waals surface area contributed by atoms with Gasteiger partial charge in [0.05, 0.1) is 25.0 Å². The Morgan fingerprint density at radius 2 is 2.16 bits per heavy atom. The molecule has 0 saturated heterocycles. The van der Waals surface area contributed by atoms with Gasteiger partial charge in [-0.2, -0.15) is 0 Å². The van der Waals surface area contributed by atoms with Gasteiger partial charge < -0.3 is 15.2 Å². The molecule has 2 rings (SSSR count). The molecule has 0 aliphatic carbocycles. The van der Waals surface area contributed by atoms with Crippen LogP contribution >= 0.6 is 22.9 Å². The average Bonchev–Trinajstić information content (AvgIpc) is 2.82. The van der Waals surface area contributed by atoms with Gasteiger partial charge in [0, 0.05) is 23.6 Å². The molecule has 1 heterocycles. The Morgan fingerprint density at radius 3 is 2.79 bits per heavy atom. The second-order valence-electron chi connectivity index (χ2n) is 3.87. The van der Waals surface area contributed by atoms with Gasteiger partial charge in [0.25, 0.3) is 0 Å². The summed E-state index contributed by atoms with van der Waals surface area (Å²) in [5.74, 6) is 0.703. The van der Waals surface area contributed by atoms with Gasteiger partial charge in [-0.15, -0.1) is 11.3 Å². The molecule has 19 heavy (non-hydrogen) atoms. The molecule has 6 heteroatoms. The minimum Gasteiger partial charge on any atom is -0.496 e. The normalized spacial score (nSPS) is 10.7. The fourth-order valence-corrected chi connectivity index (χ4v) is 2.88. The highest BCUT2D eigenvalue weighted by atomic mass is 35.5. The van der Waals surface area contributed by atoms with Crippen molar-refractivity contribution >= 4 is 22.9 Å². The molecule has 0 unspecified atom stereocenters. The fraction of sp³-hybridized carbons (Fsp3) is 0.308. The highest BCUT2D eigenvalue weighted by Gasteiger charge is 2.15. The van der Waals surface area contributed by atoms with Gasteiger partial charge in [0.15, 0.2) is 0 Å². The third-order valence-corrected chi connectivity index (χ3v) is 4.03. The summed E-state index contributed by atoms with van der Waals surface area (Å²) in [5.41, 5.74) is 7.52. The Hall–Kier alpha value is -1.14. The highest BCUT2D eigenvalue weighted by molar-refractivity contribution is 7.15. The smallest absolute Gasteiger partial charge is 0.130 e. The number of nitrogens with zero attached hydrogens (tertiary/aromatic N) is 1. The number of hydrogen-bond donors (Lipinski definition) is 1. The first-order valence-corrected chi connectivity index (χ1v) is 6.90. The molecule has 1 aromatic heterocycles. The number of benzene rings is 1. The molecule has 4 nitrogen and oxygen atoms in total. The lowest BCUT2D eigenvalue weighted by Crippen LogP contribution is -1.99. The monoisotopic (exact) mass is 298 g/mol. The van der Waals surface area contributed by atoms with Crippen LogP contribution in [0, 0.1) is 0 Å². The van der Waals surface area contributed by atoms with E-state index in [1.165, 1.54) is 0 Å². The molecular weight excluding hydrogens is 284 g/mol. The van der Waals surface area contributed by atoms with E-state index < -0.39 is 0 Å². The van der Waals surface area contributed by atoms with Crippen molar-refractivity contribution in [3.8, 4) is 16.3 Å². The zero-order valence-corrected chi connectivity index (χ0v) is 12.3. The van der Waals surface area contributed by atoms with Gasteiger partial charge in [-0.05, 0) is 18.2 Å². The molecule has 0 fully saturated rings. The van der Waals surface area contributed by atoms with Crippen LogP contribution in [0.3, 0.4) is 0 Å². The SMILES string of the molecule is COCc1nc(-c2ccc(Cl)cc2OC)sc1CN. The Balaban J connectivity index is 2.46. The number of aromatic nitrogens is 1. The van der Waals surface area contributed by atoms with E-state index in [9.17, 15) is 0 Å². The summed E-state index contributed by atoms with van der Waals surface area (Å²) >= 11 is 7.51. The van der Waals surface area contributed by atoms with E-state index in [-0.39, 0.29) is 0 Å². The Bertz CT molecular complexity index is 572. The van der Waals surface area contributed by atoms with Gasteiger partial charge >= 0.3 is 0 Å². The molecule has 0 spiro atoms. The molecule has 0 bridgehead atoms. The van der Waals surface area contributed by atoms with Crippen molar-refractivity contribution in [1.29, 1.82) is 0 Å². The number of thiazole rings is 1. The lowest BCUT2D eigenvalue weighted by atomic mass is 10.2. The maximum Gasteiger partial charge on any atom is 0.130 e. The zero-order valence-electron chi connectivity index (χ0n) is 10.8. The lowest BCUT2D eigenvalue weighted by Gasteiger charge is -2.05. The zero-order chi connectivity index (χ0) is 13.8. The van der Waals surface area contributed by atoms with Gasteiger partial charge in [0.2, 0.25) is 0 Å². The topological polar surface area (TPSA) is 57.4 Å². The van der Waals surface area contributed by atoms with Crippen LogP contribution in [0.25, 0.3) is 10.6 Å². The number of rotatable bonds is 5. The molecule has 0 radical (unpaired) electrons. The van der Waals surface area contributed by atoms with Crippen LogP contribution in [0.5, 0.6) is 5.75 Å². The highest BCUT2D eigenvalue weighted by Crippen LogP contribution is 2.36. The van der Waals surface area contributed by atoms with Gasteiger partial charge in [-0.3, -0.25) is 0 Å². The number of nitrogens with two attached hydrogens (primary N) is 1. The number of halogens is 1. The van der Waals surface area contributed by atoms with Crippen LogP contribution in [0.2, 0.25) is 5.02 Å². The number of ether oxygens (including phenoxy) is 2. The first-order chi connectivity index (χ1) is 9.19. The van der Waals surface area contributed by atoms with E-state index in [0.717, 1.165) is 21.1 Å². The van der Waals surface area contributed by atoms with Crippen molar-refractivity contribution in [2.75, 3.05) is 14.2 Å². The van der Waals surface area contributed by atoms with Crippen molar-refractivity contribution in [1.82, 2.24) is 4.98 Å². The summed E-state index contributed by atoms with van der Waals surface area (Å²) in [5, 5.41) is 1.49. The van der Waals surface area contributed by atoms with Crippen LogP contribution in [-0.2, 0) is 17.9 Å². The van der Waals surface area contributed by atoms with Crippen molar-refractivity contribution in [2.45, 2.75) is 13.2 Å². The van der Waals surface area contributed by atoms with E-state index in [1.54, 1.807) is 31.6 Å². The third-order valence-electron chi connectivity index (χ3n) is 2.64. The molecule has 1 aromatic carbocycles. The van der Waals surface area contributed by atoms with Gasteiger partial charge in [-0.1, -0.05) is 11.6 Å². The standard InChI is InChI=1S/C13H15ClN2O2S/c1-17-7-10-12(6-15)19-13(16-10)9-4-3-8(14)5-11(9)18-2/h3-5H,6-7,15H2,1-2H3. The predicted octanol–water partition coefficient (Wildman–Crippen LogP) is 3.08. The second kappa shape index (κ2) is 6.34. The minimum absolute atomic E-state index is 0.451. The predicted molar refractivity (Wildman–Crippen MR) is 77.7 cm³/mol. The molecule has 0 amide bonds. The van der Waals surface area contributed by atoms with E-state index in [2.05, 4.69) is 4.98 Å². The van der Waals surface area contributed by atoms with Crippen LogP contribution in [0.15, 0.2) is 18.2 Å². The maximum atomic E-state index is 5.96. The van der Waals surface area contributed by atoms with Crippen molar-refractivity contribution < 1.29 is 9.47 Å². The van der Waals surface area contributed by atoms with Crippen LogP contribution in [-0.4, -0.2) is 19.2 Å². The van der Waals surface area contributed by atoms with Crippen LogP contribution in [0.4, 0.5) is 0 Å². The maximum absolute atomic E-state index is 5.96. The van der Waals surface area contributed by atoms with E-state index in [4.69, 9.17) is 26.8 Å². The molecule has 0 aliphatic heterocycles. The number of hydrogen-bond acceptors (Lipinski definition) is 5. The van der Waals surface area contributed by atoms with Crippen molar-refractivity contribution in [3.63, 3.8) is 0 Å². The van der Waals surface area contributed by atoms with Crippen molar-refractivity contribution in [2.24, 2.45) is 5.73 Å². The number of methoxy groups -OCH3 is 2. The van der Waals surface area contributed by atoms with Crippen LogP contribution < -0.4 is 10.5 Å². The van der Waals surface area contributed by atoms with E-state index >= 15 is 0 Å². The quantitative estimate of drug-likeness (QED) is 0.921. The van der Waals surface area contributed by atoms with Crippen molar-refractivity contribution in [3.05, 3.63) is 33.8 Å². The Labute approximate surface area is 121 Å². The van der Waals surface area contributed by atoms with Crippen LogP contribution in [0.1, 0.15) is 10.6 Å². The van der Waals surface area contributed by atoms with Gasteiger partial charge in [-0.25, -0.2) is 4.98 Å². The third kappa shape index (κ3) is 3.06. The lowest BCUT2D eigenvalue weighted by molar-refractivity contribution is 0.181. The molecular formula is C13H15ClN2O2S. The first kappa shape index (κ1) is 14.3. The summed E-state index contributed by atoms with van der Waals surface area (Å²) in [7, 11) is 3.25. The minimum atomic E-state index is 0.451. The molecule has 2 N–H and O–H groups in total. The summed E-state index contributed by atoms with van der Waals surface area (Å²) in [6.45, 7) is 0.908. The molecule has 0 aliphatic rings. The average molecular weight is 299 g/mol. The van der Waals surface area contributed by atoms with Gasteiger partial charge in [0.1, 0.15) is 10.8 Å². The Kier molecular flexibility index (Phi) is 4.76. The summed E-state index contributed by atoms with van der Waals surface area (Å²) < 4.78 is 10.5. The summed E-state index contributed by atoms with van der Waals surface area (Å²) in [6.07, 6.45) is 0. The fourth-order valence-electron chi connectivity index (χ4n) is 1.75.